The zero-order chi connectivity index (χ0) is 15.8. The fraction of sp³-hybridized carbons (Fsp3) is 0.533. The van der Waals surface area contributed by atoms with Crippen molar-refractivity contribution in [2.75, 3.05) is 24.7 Å². The first-order valence-corrected chi connectivity index (χ1v) is 7.05. The molecule has 0 amide bonds. The van der Waals surface area contributed by atoms with Crippen molar-refractivity contribution in [2.45, 2.75) is 33.7 Å². The highest BCUT2D eigenvalue weighted by atomic mass is 16.5. The molecular formula is C15H22N2O4. The molecule has 0 atom stereocenters. The standard InChI is InChI=1S/C15H22N2O4/c1-5-20-13(18)10-17(11(3)4)14-12(8-7-9-16-14)15(19)21-6-2/h7-9,11H,5-6,10H2,1-4H3. The summed E-state index contributed by atoms with van der Waals surface area (Å²) in [6.07, 6.45) is 1.58. The van der Waals surface area contributed by atoms with Gasteiger partial charge in [0.2, 0.25) is 0 Å². The Kier molecular flexibility index (Phi) is 6.65. The van der Waals surface area contributed by atoms with Crippen molar-refractivity contribution in [3.63, 3.8) is 0 Å². The van der Waals surface area contributed by atoms with Crippen molar-refractivity contribution in [1.29, 1.82) is 0 Å². The van der Waals surface area contributed by atoms with Gasteiger partial charge in [-0.25, -0.2) is 9.78 Å². The zero-order valence-corrected chi connectivity index (χ0v) is 13.0. The maximum Gasteiger partial charge on any atom is 0.341 e. The number of nitrogens with zero attached hydrogens (tertiary/aromatic N) is 2. The fourth-order valence-electron chi connectivity index (χ4n) is 1.84. The van der Waals surface area contributed by atoms with Gasteiger partial charge < -0.3 is 14.4 Å². The number of rotatable bonds is 7. The minimum Gasteiger partial charge on any atom is -0.465 e. The number of ether oxygens (including phenoxy) is 2. The van der Waals surface area contributed by atoms with E-state index >= 15 is 0 Å². The summed E-state index contributed by atoms with van der Waals surface area (Å²) in [4.78, 5) is 29.7. The van der Waals surface area contributed by atoms with E-state index in [4.69, 9.17) is 9.47 Å². The lowest BCUT2D eigenvalue weighted by molar-refractivity contribution is -0.141. The third-order valence-electron chi connectivity index (χ3n) is 2.78. The average molecular weight is 294 g/mol. The number of hydrogen-bond donors (Lipinski definition) is 0. The predicted octanol–water partition coefficient (Wildman–Crippen LogP) is 2.04. The lowest BCUT2D eigenvalue weighted by atomic mass is 10.2. The second-order valence-electron chi connectivity index (χ2n) is 4.62. The number of carbonyl (C=O) groups excluding carboxylic acids is 2. The molecule has 6 heteroatoms. The van der Waals surface area contributed by atoms with Crippen LogP contribution in [0.15, 0.2) is 18.3 Å². The molecule has 116 valence electrons. The van der Waals surface area contributed by atoms with Gasteiger partial charge in [-0.05, 0) is 39.8 Å². The molecule has 0 aliphatic rings. The number of pyridine rings is 1. The molecule has 21 heavy (non-hydrogen) atoms. The molecule has 0 bridgehead atoms. The van der Waals surface area contributed by atoms with Crippen molar-refractivity contribution < 1.29 is 19.1 Å². The number of anilines is 1. The van der Waals surface area contributed by atoms with E-state index in [1.54, 1.807) is 37.1 Å². The Morgan fingerprint density at radius 2 is 1.90 bits per heavy atom. The molecular weight excluding hydrogens is 272 g/mol. The third kappa shape index (κ3) is 4.73. The Hall–Kier alpha value is -2.11. The molecule has 0 radical (unpaired) electrons. The van der Waals surface area contributed by atoms with E-state index in [0.29, 0.717) is 18.0 Å². The normalized spacial score (nSPS) is 10.3. The summed E-state index contributed by atoms with van der Waals surface area (Å²) in [5.41, 5.74) is 0.345. The summed E-state index contributed by atoms with van der Waals surface area (Å²) in [5.74, 6) is -0.374. The number of esters is 2. The van der Waals surface area contributed by atoms with Gasteiger partial charge >= 0.3 is 11.9 Å². The van der Waals surface area contributed by atoms with E-state index in [1.807, 2.05) is 13.8 Å². The summed E-state index contributed by atoms with van der Waals surface area (Å²) in [5, 5.41) is 0. The minimum absolute atomic E-state index is 0.0162. The molecule has 0 N–H and O–H groups in total. The molecule has 0 unspecified atom stereocenters. The van der Waals surface area contributed by atoms with E-state index in [2.05, 4.69) is 4.98 Å². The smallest absolute Gasteiger partial charge is 0.341 e. The Morgan fingerprint density at radius 1 is 1.24 bits per heavy atom. The topological polar surface area (TPSA) is 68.7 Å². The summed E-state index contributed by atoms with van der Waals surface area (Å²) in [6.45, 7) is 7.97. The molecule has 1 aromatic heterocycles. The molecule has 0 aliphatic carbocycles. The van der Waals surface area contributed by atoms with Crippen LogP contribution in [0.3, 0.4) is 0 Å². The molecule has 0 aromatic carbocycles. The van der Waals surface area contributed by atoms with Gasteiger partial charge in [0.15, 0.2) is 0 Å². The Balaban J connectivity index is 3.08. The summed E-state index contributed by atoms with van der Waals surface area (Å²) < 4.78 is 10.00. The largest absolute Gasteiger partial charge is 0.465 e. The first-order valence-electron chi connectivity index (χ1n) is 7.05. The number of aromatic nitrogens is 1. The van der Waals surface area contributed by atoms with Crippen LogP contribution in [0.2, 0.25) is 0 Å². The van der Waals surface area contributed by atoms with Gasteiger partial charge in [0.1, 0.15) is 17.9 Å². The average Bonchev–Trinajstić information content (AvgIpc) is 2.45. The maximum atomic E-state index is 12.0. The van der Waals surface area contributed by atoms with Gasteiger partial charge in [0.05, 0.1) is 13.2 Å². The highest BCUT2D eigenvalue weighted by Gasteiger charge is 2.23. The van der Waals surface area contributed by atoms with Crippen molar-refractivity contribution in [3.8, 4) is 0 Å². The number of hydrogen-bond acceptors (Lipinski definition) is 6. The quantitative estimate of drug-likeness (QED) is 0.717. The molecule has 0 spiro atoms. The van der Waals surface area contributed by atoms with Crippen LogP contribution >= 0.6 is 0 Å². The summed E-state index contributed by atoms with van der Waals surface area (Å²) in [7, 11) is 0. The van der Waals surface area contributed by atoms with Crippen LogP contribution in [0.25, 0.3) is 0 Å². The molecule has 0 saturated carbocycles. The second-order valence-corrected chi connectivity index (χ2v) is 4.62. The van der Waals surface area contributed by atoms with E-state index in [9.17, 15) is 9.59 Å². The predicted molar refractivity (Wildman–Crippen MR) is 79.3 cm³/mol. The maximum absolute atomic E-state index is 12.0. The van der Waals surface area contributed by atoms with E-state index in [1.165, 1.54) is 0 Å². The third-order valence-corrected chi connectivity index (χ3v) is 2.78. The van der Waals surface area contributed by atoms with Crippen LogP contribution in [-0.2, 0) is 14.3 Å². The Morgan fingerprint density at radius 3 is 2.48 bits per heavy atom. The van der Waals surface area contributed by atoms with Crippen molar-refractivity contribution >= 4 is 17.8 Å². The molecule has 1 aromatic rings. The van der Waals surface area contributed by atoms with Crippen molar-refractivity contribution in [3.05, 3.63) is 23.9 Å². The summed E-state index contributed by atoms with van der Waals surface area (Å²) >= 11 is 0. The summed E-state index contributed by atoms with van der Waals surface area (Å²) in [6, 6.07) is 3.29. The van der Waals surface area contributed by atoms with Crippen molar-refractivity contribution in [2.24, 2.45) is 0 Å². The second kappa shape index (κ2) is 8.24. The molecule has 6 nitrogen and oxygen atoms in total. The van der Waals surface area contributed by atoms with Crippen LogP contribution in [-0.4, -0.2) is 42.7 Å². The van der Waals surface area contributed by atoms with Gasteiger partial charge in [-0.3, -0.25) is 4.79 Å². The zero-order valence-electron chi connectivity index (χ0n) is 13.0. The first kappa shape index (κ1) is 16.9. The fourth-order valence-corrected chi connectivity index (χ4v) is 1.84. The molecule has 0 fully saturated rings. The lowest BCUT2D eigenvalue weighted by Gasteiger charge is -2.28. The first-order chi connectivity index (χ1) is 10.0. The van der Waals surface area contributed by atoms with Gasteiger partial charge in [0, 0.05) is 12.2 Å². The monoisotopic (exact) mass is 294 g/mol. The van der Waals surface area contributed by atoms with Crippen LogP contribution in [0.5, 0.6) is 0 Å². The molecule has 0 saturated heterocycles. The molecule has 1 heterocycles. The van der Waals surface area contributed by atoms with Gasteiger partial charge in [-0.2, -0.15) is 0 Å². The van der Waals surface area contributed by atoms with E-state index < -0.39 is 5.97 Å². The van der Waals surface area contributed by atoms with Gasteiger partial charge in [0.25, 0.3) is 0 Å². The van der Waals surface area contributed by atoms with Crippen LogP contribution in [0.1, 0.15) is 38.1 Å². The van der Waals surface area contributed by atoms with Crippen molar-refractivity contribution in [1.82, 2.24) is 4.98 Å². The van der Waals surface area contributed by atoms with Gasteiger partial charge in [-0.1, -0.05) is 0 Å². The Bertz CT molecular complexity index is 488. The van der Waals surface area contributed by atoms with Crippen LogP contribution in [0.4, 0.5) is 5.82 Å². The highest BCUT2D eigenvalue weighted by Crippen LogP contribution is 2.20. The number of carbonyl (C=O) groups is 2. The van der Waals surface area contributed by atoms with Crippen LogP contribution < -0.4 is 4.90 Å². The highest BCUT2D eigenvalue weighted by molar-refractivity contribution is 5.95. The lowest BCUT2D eigenvalue weighted by Crippen LogP contribution is -2.38. The molecule has 1 rings (SSSR count). The minimum atomic E-state index is -0.449. The van der Waals surface area contributed by atoms with Gasteiger partial charge in [-0.15, -0.1) is 0 Å². The van der Waals surface area contributed by atoms with Crippen LogP contribution in [0, 0.1) is 0 Å². The SMILES string of the molecule is CCOC(=O)CN(c1ncccc1C(=O)OCC)C(C)C. The molecule has 0 aliphatic heterocycles. The van der Waals surface area contributed by atoms with E-state index in [-0.39, 0.29) is 25.2 Å². The van der Waals surface area contributed by atoms with E-state index in [0.717, 1.165) is 0 Å². The Labute approximate surface area is 125 Å².